The molecule has 0 saturated heterocycles. The molecule has 0 amide bonds. The minimum Gasteiger partial charge on any atom is -0.333 e. The van der Waals surface area contributed by atoms with Gasteiger partial charge in [-0.25, -0.2) is 0 Å². The van der Waals surface area contributed by atoms with Crippen LogP contribution in [0.15, 0.2) is 12.2 Å². The molecule has 0 fully saturated rings. The molecule has 0 unspecified atom stereocenters. The molecule has 0 spiro atoms. The standard InChI is InChI=1S/C5H8.CH5N/c1-2-4-5-3-1;1-2/h1-2H,3-5H2;2H2,1H3. The van der Waals surface area contributed by atoms with E-state index in [1.54, 1.807) is 0 Å². The summed E-state index contributed by atoms with van der Waals surface area (Å²) in [7, 11) is 1.50. The van der Waals surface area contributed by atoms with Crippen LogP contribution in [-0.4, -0.2) is 7.05 Å². The van der Waals surface area contributed by atoms with E-state index in [1.165, 1.54) is 26.3 Å². The molecule has 0 aromatic rings. The number of hydrogen-bond acceptors (Lipinski definition) is 1. The summed E-state index contributed by atoms with van der Waals surface area (Å²) in [5.74, 6) is 0. The summed E-state index contributed by atoms with van der Waals surface area (Å²) in [6, 6.07) is 0. The van der Waals surface area contributed by atoms with E-state index >= 15 is 0 Å². The van der Waals surface area contributed by atoms with Gasteiger partial charge in [-0.2, -0.15) is 0 Å². The minimum atomic E-state index is 1.32. The maximum absolute atomic E-state index is 4.50. The highest BCUT2D eigenvalue weighted by atomic mass is 14.4. The first kappa shape index (κ1) is 6.70. The van der Waals surface area contributed by atoms with Crippen molar-refractivity contribution in [2.24, 2.45) is 5.73 Å². The van der Waals surface area contributed by atoms with Crippen LogP contribution in [0.25, 0.3) is 0 Å². The maximum Gasteiger partial charge on any atom is -0.0195 e. The third kappa shape index (κ3) is 3.53. The van der Waals surface area contributed by atoms with Gasteiger partial charge in [-0.1, -0.05) is 12.2 Å². The highest BCUT2D eigenvalue weighted by Crippen LogP contribution is 2.05. The molecule has 0 radical (unpaired) electrons. The van der Waals surface area contributed by atoms with E-state index in [1.807, 2.05) is 0 Å². The second-order valence-electron chi connectivity index (χ2n) is 1.40. The minimum absolute atomic E-state index is 1.32. The smallest absolute Gasteiger partial charge is 0.0195 e. The summed E-state index contributed by atoms with van der Waals surface area (Å²) in [6.07, 6.45) is 8.50. The molecule has 1 aliphatic carbocycles. The zero-order chi connectivity index (χ0) is 5.54. The average molecular weight is 99.2 g/mol. The van der Waals surface area contributed by atoms with Crippen LogP contribution in [0.2, 0.25) is 0 Å². The Morgan fingerprint density at radius 3 is 1.71 bits per heavy atom. The third-order valence-electron chi connectivity index (χ3n) is 0.908. The predicted octanol–water partition coefficient (Wildman–Crippen LogP) is 1.30. The van der Waals surface area contributed by atoms with Crippen molar-refractivity contribution in [1.82, 2.24) is 0 Å². The Hall–Kier alpha value is -0.300. The molecule has 1 nitrogen and oxygen atoms in total. The second-order valence-corrected chi connectivity index (χ2v) is 1.40. The van der Waals surface area contributed by atoms with Crippen molar-refractivity contribution in [3.63, 3.8) is 0 Å². The molecule has 0 bridgehead atoms. The lowest BCUT2D eigenvalue weighted by Gasteiger charge is -1.69. The Morgan fingerprint density at radius 1 is 1.14 bits per heavy atom. The van der Waals surface area contributed by atoms with E-state index in [0.717, 1.165) is 0 Å². The second kappa shape index (κ2) is 5.70. The average Bonchev–Trinajstić information content (AvgIpc) is 2.23. The van der Waals surface area contributed by atoms with Gasteiger partial charge in [0.05, 0.1) is 0 Å². The molecule has 1 aliphatic rings. The molecule has 1 heteroatoms. The monoisotopic (exact) mass is 99.1 g/mol. The summed E-state index contributed by atoms with van der Waals surface area (Å²) in [4.78, 5) is 0. The first-order chi connectivity index (χ1) is 3.50. The van der Waals surface area contributed by atoms with Crippen molar-refractivity contribution >= 4 is 0 Å². The number of hydrogen-bond donors (Lipinski definition) is 1. The Labute approximate surface area is 45.2 Å². The van der Waals surface area contributed by atoms with Crippen LogP contribution in [0.3, 0.4) is 0 Å². The van der Waals surface area contributed by atoms with Crippen LogP contribution in [0.1, 0.15) is 19.3 Å². The summed E-state index contributed by atoms with van der Waals surface area (Å²) in [5.41, 5.74) is 4.50. The van der Waals surface area contributed by atoms with Gasteiger partial charge in [0.1, 0.15) is 0 Å². The van der Waals surface area contributed by atoms with Crippen LogP contribution in [0.5, 0.6) is 0 Å². The summed E-state index contributed by atoms with van der Waals surface area (Å²) in [6.45, 7) is 0. The van der Waals surface area contributed by atoms with E-state index in [-0.39, 0.29) is 0 Å². The van der Waals surface area contributed by atoms with Gasteiger partial charge < -0.3 is 5.73 Å². The van der Waals surface area contributed by atoms with E-state index in [0.29, 0.717) is 0 Å². The Kier molecular flexibility index (Phi) is 5.46. The fourth-order valence-corrected chi connectivity index (χ4v) is 0.589. The lowest BCUT2D eigenvalue weighted by Crippen LogP contribution is -1.69. The van der Waals surface area contributed by atoms with Crippen LogP contribution in [-0.2, 0) is 0 Å². The molecule has 0 atom stereocenters. The van der Waals surface area contributed by atoms with Crippen LogP contribution in [0.4, 0.5) is 0 Å². The van der Waals surface area contributed by atoms with Gasteiger partial charge in [0, 0.05) is 0 Å². The van der Waals surface area contributed by atoms with Gasteiger partial charge in [0.2, 0.25) is 0 Å². The first-order valence-corrected chi connectivity index (χ1v) is 2.73. The van der Waals surface area contributed by atoms with Crippen molar-refractivity contribution in [1.29, 1.82) is 0 Å². The van der Waals surface area contributed by atoms with Crippen molar-refractivity contribution in [3.05, 3.63) is 12.2 Å². The summed E-state index contributed by atoms with van der Waals surface area (Å²) < 4.78 is 0. The van der Waals surface area contributed by atoms with Gasteiger partial charge in [-0.05, 0) is 26.3 Å². The van der Waals surface area contributed by atoms with Crippen molar-refractivity contribution < 1.29 is 0 Å². The molecule has 7 heavy (non-hydrogen) atoms. The molecule has 0 aromatic heterocycles. The molecule has 0 saturated carbocycles. The normalized spacial score (nSPS) is 15.7. The quantitative estimate of drug-likeness (QED) is 0.455. The van der Waals surface area contributed by atoms with Crippen LogP contribution in [0, 0.1) is 0 Å². The number of nitrogens with two attached hydrogens (primary N) is 1. The zero-order valence-electron chi connectivity index (χ0n) is 4.85. The van der Waals surface area contributed by atoms with Gasteiger partial charge in [-0.15, -0.1) is 0 Å². The number of allylic oxidation sites excluding steroid dienone is 2. The summed E-state index contributed by atoms with van der Waals surface area (Å²) >= 11 is 0. The third-order valence-corrected chi connectivity index (χ3v) is 0.908. The zero-order valence-corrected chi connectivity index (χ0v) is 4.85. The van der Waals surface area contributed by atoms with E-state index in [2.05, 4.69) is 17.9 Å². The lowest BCUT2D eigenvalue weighted by molar-refractivity contribution is 0.929. The molecule has 1 rings (SSSR count). The topological polar surface area (TPSA) is 26.0 Å². The Balaban J connectivity index is 0.000000162. The van der Waals surface area contributed by atoms with Gasteiger partial charge in [0.15, 0.2) is 0 Å². The molecule has 0 heterocycles. The van der Waals surface area contributed by atoms with Gasteiger partial charge in [-0.3, -0.25) is 0 Å². The first-order valence-electron chi connectivity index (χ1n) is 2.73. The maximum atomic E-state index is 4.50. The molecule has 0 aliphatic heterocycles. The molecule has 2 N–H and O–H groups in total. The van der Waals surface area contributed by atoms with E-state index in [4.69, 9.17) is 0 Å². The van der Waals surface area contributed by atoms with Crippen molar-refractivity contribution in [2.45, 2.75) is 19.3 Å². The molecule has 42 valence electrons. The van der Waals surface area contributed by atoms with E-state index in [9.17, 15) is 0 Å². The molecular weight excluding hydrogens is 86.1 g/mol. The van der Waals surface area contributed by atoms with Crippen LogP contribution < -0.4 is 5.73 Å². The Morgan fingerprint density at radius 2 is 1.57 bits per heavy atom. The predicted molar refractivity (Wildman–Crippen MR) is 33.1 cm³/mol. The fourth-order valence-electron chi connectivity index (χ4n) is 0.589. The van der Waals surface area contributed by atoms with E-state index < -0.39 is 0 Å². The van der Waals surface area contributed by atoms with Crippen LogP contribution >= 0.6 is 0 Å². The SMILES string of the molecule is C1=CCCC1.CN. The largest absolute Gasteiger partial charge is 0.333 e. The fraction of sp³-hybridized carbons (Fsp3) is 0.667. The molecule has 0 aromatic carbocycles. The van der Waals surface area contributed by atoms with Gasteiger partial charge in [0.25, 0.3) is 0 Å². The van der Waals surface area contributed by atoms with Crippen molar-refractivity contribution in [2.75, 3.05) is 7.05 Å². The van der Waals surface area contributed by atoms with Gasteiger partial charge >= 0.3 is 0 Å². The Bertz CT molecular complexity index is 42.1. The van der Waals surface area contributed by atoms with Crippen molar-refractivity contribution in [3.8, 4) is 0 Å². The lowest BCUT2D eigenvalue weighted by atomic mass is 10.4. The highest BCUT2D eigenvalue weighted by Gasteiger charge is 1.84. The number of rotatable bonds is 0. The highest BCUT2D eigenvalue weighted by molar-refractivity contribution is 4.88. The molecular formula is C6H13N. The summed E-state index contributed by atoms with van der Waals surface area (Å²) in [5, 5.41) is 0.